The maximum atomic E-state index is 13.6. The molecule has 1 amide bonds. The van der Waals surface area contributed by atoms with Crippen molar-refractivity contribution in [1.29, 1.82) is 0 Å². The summed E-state index contributed by atoms with van der Waals surface area (Å²) in [6.07, 6.45) is -2.50. The number of carbonyl (C=O) groups excluding carboxylic acids is 1. The van der Waals surface area contributed by atoms with Crippen molar-refractivity contribution >= 4 is 22.6 Å². The highest BCUT2D eigenvalue weighted by Crippen LogP contribution is 2.42. The number of benzene rings is 2. The van der Waals surface area contributed by atoms with Crippen molar-refractivity contribution in [2.45, 2.75) is 12.6 Å². The quantitative estimate of drug-likeness (QED) is 0.572. The normalized spacial score (nSPS) is 16.8. The molecule has 1 aliphatic rings. The predicted molar refractivity (Wildman–Crippen MR) is 109 cm³/mol. The largest absolute Gasteiger partial charge is 0.496 e. The molecule has 31 heavy (non-hydrogen) atoms. The van der Waals surface area contributed by atoms with E-state index < -0.39 is 17.6 Å². The second-order valence-electron chi connectivity index (χ2n) is 7.50. The molecule has 0 radical (unpaired) electrons. The van der Waals surface area contributed by atoms with E-state index in [2.05, 4.69) is 9.97 Å². The number of hydrogen-bond acceptors (Lipinski definition) is 5. The highest BCUT2D eigenvalue weighted by molar-refractivity contribution is 6.12. The molecular weight excluding hydrogens is 413 g/mol. The Balaban J connectivity index is 1.95. The molecule has 4 N–H and O–H groups in total. The van der Waals surface area contributed by atoms with Gasteiger partial charge in [0.1, 0.15) is 5.75 Å². The van der Waals surface area contributed by atoms with Gasteiger partial charge >= 0.3 is 6.18 Å². The molecule has 0 spiro atoms. The van der Waals surface area contributed by atoms with Gasteiger partial charge < -0.3 is 25.5 Å². The summed E-state index contributed by atoms with van der Waals surface area (Å²) in [7, 11) is 1.18. The lowest BCUT2D eigenvalue weighted by Gasteiger charge is -2.23. The first-order valence-corrected chi connectivity index (χ1v) is 9.66. The second kappa shape index (κ2) is 7.77. The lowest BCUT2D eigenvalue weighted by Crippen LogP contribution is -2.25. The van der Waals surface area contributed by atoms with Crippen LogP contribution in [0.1, 0.15) is 22.3 Å². The number of nitrogens with one attached hydrogen (secondary N) is 1. The van der Waals surface area contributed by atoms with E-state index in [-0.39, 0.29) is 29.4 Å². The molecule has 1 aliphatic heterocycles. The fourth-order valence-electron chi connectivity index (χ4n) is 4.11. The van der Waals surface area contributed by atoms with Crippen molar-refractivity contribution in [3.05, 3.63) is 41.7 Å². The number of methoxy groups -OCH3 is 1. The van der Waals surface area contributed by atoms with Crippen molar-refractivity contribution in [2.75, 3.05) is 31.7 Å². The third kappa shape index (κ3) is 3.67. The smallest absolute Gasteiger partial charge is 0.419 e. The predicted octanol–water partition coefficient (Wildman–Crippen LogP) is 3.17. The number of nitrogens with two attached hydrogens (primary N) is 1. The first-order valence-electron chi connectivity index (χ1n) is 9.66. The molecule has 0 aliphatic carbocycles. The Hall–Kier alpha value is -3.27. The standard InChI is InChI=1S/C21H21F3N4O3/c1-31-16-3-2-12(6-14(16)21(22,23)24)13-7-15(28-5-4-11(8-28)9-29)17(20(25)30)19-18(13)26-10-27-19/h2-3,6-7,10-11,29H,4-5,8-9H2,1H3,(H2,25,30)(H,26,27)/t11-/m0/s1. The van der Waals surface area contributed by atoms with Crippen LogP contribution in [-0.2, 0) is 6.18 Å². The number of alkyl halides is 3. The Morgan fingerprint density at radius 2 is 2.16 bits per heavy atom. The fraction of sp³-hybridized carbons (Fsp3) is 0.333. The molecule has 0 unspecified atom stereocenters. The summed E-state index contributed by atoms with van der Waals surface area (Å²) in [5.41, 5.74) is 6.88. The van der Waals surface area contributed by atoms with Crippen molar-refractivity contribution in [1.82, 2.24) is 9.97 Å². The molecule has 0 saturated carbocycles. The lowest BCUT2D eigenvalue weighted by atomic mass is 9.97. The van der Waals surface area contributed by atoms with Crippen LogP contribution in [0, 0.1) is 5.92 Å². The van der Waals surface area contributed by atoms with E-state index in [1.165, 1.54) is 25.6 Å². The van der Waals surface area contributed by atoms with E-state index >= 15 is 0 Å². The average molecular weight is 434 g/mol. The zero-order valence-corrected chi connectivity index (χ0v) is 16.7. The van der Waals surface area contributed by atoms with E-state index in [4.69, 9.17) is 10.5 Å². The molecule has 7 nitrogen and oxygen atoms in total. The molecule has 2 heterocycles. The third-order valence-electron chi connectivity index (χ3n) is 5.63. The van der Waals surface area contributed by atoms with Crippen LogP contribution in [0.4, 0.5) is 18.9 Å². The number of nitrogens with zero attached hydrogens (tertiary/aromatic N) is 2. The topological polar surface area (TPSA) is 104 Å². The van der Waals surface area contributed by atoms with E-state index in [0.717, 1.165) is 12.5 Å². The maximum Gasteiger partial charge on any atom is 0.419 e. The number of rotatable bonds is 5. The van der Waals surface area contributed by atoms with Gasteiger partial charge in [-0.2, -0.15) is 13.2 Å². The number of hydrogen-bond donors (Lipinski definition) is 3. The number of amides is 1. The van der Waals surface area contributed by atoms with Gasteiger partial charge in [0.15, 0.2) is 0 Å². The first kappa shape index (κ1) is 21.0. The fourth-order valence-corrected chi connectivity index (χ4v) is 4.11. The van der Waals surface area contributed by atoms with Crippen molar-refractivity contribution in [2.24, 2.45) is 11.7 Å². The summed E-state index contributed by atoms with van der Waals surface area (Å²) in [5, 5.41) is 9.48. The summed E-state index contributed by atoms with van der Waals surface area (Å²) < 4.78 is 45.6. The molecule has 3 aromatic rings. The van der Waals surface area contributed by atoms with E-state index in [0.29, 0.717) is 35.4 Å². The molecule has 0 bridgehead atoms. The Bertz CT molecular complexity index is 1140. The van der Waals surface area contributed by atoms with Gasteiger partial charge in [0.2, 0.25) is 0 Å². The Morgan fingerprint density at radius 1 is 1.39 bits per heavy atom. The van der Waals surface area contributed by atoms with Gasteiger partial charge in [-0.25, -0.2) is 4.98 Å². The number of imidazole rings is 1. The van der Waals surface area contributed by atoms with Crippen LogP contribution in [0.2, 0.25) is 0 Å². The number of H-pyrrole nitrogens is 1. The van der Waals surface area contributed by atoms with Gasteiger partial charge in [-0.3, -0.25) is 4.79 Å². The van der Waals surface area contributed by atoms with Crippen LogP contribution in [-0.4, -0.2) is 47.8 Å². The first-order chi connectivity index (χ1) is 14.7. The Kier molecular flexibility index (Phi) is 5.26. The number of halogens is 3. The molecule has 164 valence electrons. The molecule has 2 aromatic carbocycles. The van der Waals surface area contributed by atoms with E-state index in [1.54, 1.807) is 6.07 Å². The maximum absolute atomic E-state index is 13.6. The number of anilines is 1. The van der Waals surface area contributed by atoms with Crippen LogP contribution in [0.25, 0.3) is 22.2 Å². The number of aromatic nitrogens is 2. The van der Waals surface area contributed by atoms with E-state index in [9.17, 15) is 23.1 Å². The second-order valence-corrected chi connectivity index (χ2v) is 7.50. The van der Waals surface area contributed by atoms with Gasteiger partial charge in [0.05, 0.1) is 41.3 Å². The van der Waals surface area contributed by atoms with Crippen LogP contribution < -0.4 is 15.4 Å². The van der Waals surface area contributed by atoms with Gasteiger partial charge in [-0.15, -0.1) is 0 Å². The Morgan fingerprint density at radius 3 is 2.77 bits per heavy atom. The molecule has 4 rings (SSSR count). The average Bonchev–Trinajstić information content (AvgIpc) is 3.40. The summed E-state index contributed by atoms with van der Waals surface area (Å²) in [6, 6.07) is 5.43. The highest BCUT2D eigenvalue weighted by atomic mass is 19.4. The summed E-state index contributed by atoms with van der Waals surface area (Å²) >= 11 is 0. The highest BCUT2D eigenvalue weighted by Gasteiger charge is 2.35. The zero-order chi connectivity index (χ0) is 22.3. The SMILES string of the molecule is COc1ccc(-c2cc(N3CC[C@H](CO)C3)c(C(N)=O)c3[nH]cnc23)cc1C(F)(F)F. The van der Waals surface area contributed by atoms with Crippen LogP contribution in [0.5, 0.6) is 5.75 Å². The van der Waals surface area contributed by atoms with Gasteiger partial charge in [0, 0.05) is 31.2 Å². The van der Waals surface area contributed by atoms with Crippen molar-refractivity contribution < 1.29 is 27.8 Å². The number of aliphatic hydroxyl groups is 1. The van der Waals surface area contributed by atoms with Crippen LogP contribution in [0.3, 0.4) is 0 Å². The molecule has 1 fully saturated rings. The molecule has 1 saturated heterocycles. The summed E-state index contributed by atoms with van der Waals surface area (Å²) in [6.45, 7) is 1.10. The number of aromatic amines is 1. The number of carbonyl (C=O) groups is 1. The van der Waals surface area contributed by atoms with Gasteiger partial charge in [-0.05, 0) is 30.2 Å². The van der Waals surface area contributed by atoms with Gasteiger partial charge in [0.25, 0.3) is 5.91 Å². The molecular formula is C21H21F3N4O3. The molecule has 10 heteroatoms. The number of aliphatic hydroxyl groups excluding tert-OH is 1. The molecule has 1 aromatic heterocycles. The minimum Gasteiger partial charge on any atom is -0.496 e. The van der Waals surface area contributed by atoms with Crippen molar-refractivity contribution in [3.63, 3.8) is 0 Å². The summed E-state index contributed by atoms with van der Waals surface area (Å²) in [4.78, 5) is 21.3. The van der Waals surface area contributed by atoms with E-state index in [1.807, 2.05) is 4.90 Å². The zero-order valence-electron chi connectivity index (χ0n) is 16.7. The minimum atomic E-state index is -4.61. The third-order valence-corrected chi connectivity index (χ3v) is 5.63. The van der Waals surface area contributed by atoms with Crippen molar-refractivity contribution in [3.8, 4) is 16.9 Å². The Labute approximate surface area is 175 Å². The lowest BCUT2D eigenvalue weighted by molar-refractivity contribution is -0.138. The number of primary amides is 1. The summed E-state index contributed by atoms with van der Waals surface area (Å²) in [5.74, 6) is -0.915. The number of fused-ring (bicyclic) bond motifs is 1. The minimum absolute atomic E-state index is 0.00891. The van der Waals surface area contributed by atoms with Gasteiger partial charge in [-0.1, -0.05) is 6.07 Å². The van der Waals surface area contributed by atoms with Crippen LogP contribution in [0.15, 0.2) is 30.6 Å². The molecule has 1 atom stereocenters. The monoisotopic (exact) mass is 434 g/mol. The number of ether oxygens (including phenoxy) is 1. The van der Waals surface area contributed by atoms with Crippen LogP contribution >= 0.6 is 0 Å².